The third-order valence-electron chi connectivity index (χ3n) is 4.44. The summed E-state index contributed by atoms with van der Waals surface area (Å²) in [7, 11) is 0. The van der Waals surface area contributed by atoms with E-state index >= 15 is 0 Å². The van der Waals surface area contributed by atoms with Gasteiger partial charge in [-0.05, 0) is 12.8 Å². The molecule has 0 aromatic carbocycles. The highest BCUT2D eigenvalue weighted by molar-refractivity contribution is 5.69. The first-order valence-corrected chi connectivity index (χ1v) is 9.65. The molecule has 1 unspecified atom stereocenters. The van der Waals surface area contributed by atoms with E-state index in [1.165, 1.54) is 77.0 Å². The lowest BCUT2D eigenvalue weighted by atomic mass is 10.0. The Balaban J connectivity index is 3.23. The summed E-state index contributed by atoms with van der Waals surface area (Å²) in [6, 6.07) is 0.374. The minimum atomic E-state index is -0.756. The normalized spacial score (nSPS) is 12.5. The van der Waals surface area contributed by atoms with Crippen molar-refractivity contribution in [3.8, 4) is 0 Å². The number of rotatable bonds is 17. The zero-order valence-corrected chi connectivity index (χ0v) is 15.0. The van der Waals surface area contributed by atoms with E-state index in [1.807, 2.05) is 0 Å². The predicted octanol–water partition coefficient (Wildman–Crippen LogP) is 5.53. The number of unbranched alkanes of at least 4 members (excludes halogenated alkanes) is 11. The molecule has 3 heteroatoms. The molecule has 0 fully saturated rings. The zero-order valence-electron chi connectivity index (χ0n) is 15.0. The zero-order chi connectivity index (χ0) is 16.5. The summed E-state index contributed by atoms with van der Waals surface area (Å²) in [4.78, 5) is 10.5. The summed E-state index contributed by atoms with van der Waals surface area (Å²) < 4.78 is 0. The van der Waals surface area contributed by atoms with E-state index in [4.69, 9.17) is 5.11 Å². The highest BCUT2D eigenvalue weighted by Crippen LogP contribution is 2.13. The molecular weight excluding hydrogens is 274 g/mol. The Bertz CT molecular complexity index is 244. The Morgan fingerprint density at radius 2 is 1.27 bits per heavy atom. The molecule has 0 radical (unpaired) electrons. The quantitative estimate of drug-likeness (QED) is 0.347. The second-order valence-corrected chi connectivity index (χ2v) is 6.56. The van der Waals surface area contributed by atoms with Crippen LogP contribution < -0.4 is 5.32 Å². The molecule has 0 aromatic rings. The lowest BCUT2D eigenvalue weighted by Gasteiger charge is -2.15. The van der Waals surface area contributed by atoms with E-state index in [1.54, 1.807) is 0 Å². The molecule has 0 heterocycles. The van der Waals surface area contributed by atoms with Gasteiger partial charge in [0.2, 0.25) is 0 Å². The van der Waals surface area contributed by atoms with Gasteiger partial charge < -0.3 is 10.4 Å². The van der Waals surface area contributed by atoms with Crippen LogP contribution in [-0.4, -0.2) is 23.7 Å². The third kappa shape index (κ3) is 15.8. The summed E-state index contributed by atoms with van der Waals surface area (Å²) in [6.07, 6.45) is 18.6. The third-order valence-corrected chi connectivity index (χ3v) is 4.44. The number of hydrogen-bond donors (Lipinski definition) is 2. The van der Waals surface area contributed by atoms with E-state index in [2.05, 4.69) is 19.2 Å². The van der Waals surface area contributed by atoms with Crippen LogP contribution in [0.25, 0.3) is 0 Å². The van der Waals surface area contributed by atoms with Crippen molar-refractivity contribution >= 4 is 5.97 Å². The van der Waals surface area contributed by atoms with Crippen LogP contribution in [0, 0.1) is 0 Å². The van der Waals surface area contributed by atoms with Gasteiger partial charge in [0.05, 0.1) is 6.54 Å². The first-order valence-electron chi connectivity index (χ1n) is 9.65. The molecular formula is C19H39NO2. The molecule has 22 heavy (non-hydrogen) atoms. The van der Waals surface area contributed by atoms with E-state index < -0.39 is 5.97 Å². The smallest absolute Gasteiger partial charge is 0.317 e. The molecule has 0 spiro atoms. The van der Waals surface area contributed by atoms with Gasteiger partial charge in [-0.25, -0.2) is 0 Å². The Morgan fingerprint density at radius 1 is 0.818 bits per heavy atom. The lowest BCUT2D eigenvalue weighted by molar-refractivity contribution is -0.136. The van der Waals surface area contributed by atoms with Crippen molar-refractivity contribution in [2.45, 2.75) is 110 Å². The number of hydrogen-bond acceptors (Lipinski definition) is 2. The first kappa shape index (κ1) is 21.4. The summed E-state index contributed by atoms with van der Waals surface area (Å²) in [5.41, 5.74) is 0. The fourth-order valence-corrected chi connectivity index (χ4v) is 2.91. The standard InChI is InChI=1S/C19H39NO2/c1-3-5-6-7-8-9-10-11-12-13-14-15-16-18(4-2)20-17-19(21)22/h18,20H,3-17H2,1-2H3,(H,21,22). The van der Waals surface area contributed by atoms with Crippen molar-refractivity contribution in [1.82, 2.24) is 5.32 Å². The van der Waals surface area contributed by atoms with Crippen LogP contribution in [0.5, 0.6) is 0 Å². The lowest BCUT2D eigenvalue weighted by Crippen LogP contribution is -2.33. The Kier molecular flexibility index (Phi) is 16.4. The SMILES string of the molecule is CCCCCCCCCCCCCCC(CC)NCC(=O)O. The average Bonchev–Trinajstić information content (AvgIpc) is 2.51. The topological polar surface area (TPSA) is 49.3 Å². The van der Waals surface area contributed by atoms with Crippen molar-refractivity contribution in [1.29, 1.82) is 0 Å². The molecule has 132 valence electrons. The second kappa shape index (κ2) is 16.8. The van der Waals surface area contributed by atoms with Gasteiger partial charge in [-0.1, -0.05) is 90.9 Å². The highest BCUT2D eigenvalue weighted by atomic mass is 16.4. The molecule has 0 saturated heterocycles. The molecule has 0 amide bonds. The van der Waals surface area contributed by atoms with Crippen LogP contribution in [0.1, 0.15) is 104 Å². The van der Waals surface area contributed by atoms with Gasteiger partial charge in [0, 0.05) is 6.04 Å². The van der Waals surface area contributed by atoms with E-state index in [-0.39, 0.29) is 6.54 Å². The number of carboxylic acids is 1. The molecule has 0 aromatic heterocycles. The maximum atomic E-state index is 10.5. The van der Waals surface area contributed by atoms with Crippen molar-refractivity contribution in [2.24, 2.45) is 0 Å². The molecule has 0 saturated carbocycles. The molecule has 1 atom stereocenters. The van der Waals surface area contributed by atoms with Crippen LogP contribution >= 0.6 is 0 Å². The van der Waals surface area contributed by atoms with Crippen molar-refractivity contribution in [2.75, 3.05) is 6.54 Å². The van der Waals surface area contributed by atoms with Gasteiger partial charge in [-0.15, -0.1) is 0 Å². The molecule has 0 aliphatic carbocycles. The minimum absolute atomic E-state index is 0.0940. The fourth-order valence-electron chi connectivity index (χ4n) is 2.91. The van der Waals surface area contributed by atoms with Crippen LogP contribution in [-0.2, 0) is 4.79 Å². The van der Waals surface area contributed by atoms with Crippen molar-refractivity contribution in [3.63, 3.8) is 0 Å². The second-order valence-electron chi connectivity index (χ2n) is 6.56. The number of aliphatic carboxylic acids is 1. The first-order chi connectivity index (χ1) is 10.7. The van der Waals surface area contributed by atoms with Crippen molar-refractivity contribution < 1.29 is 9.90 Å². The summed E-state index contributed by atoms with van der Waals surface area (Å²) in [5.74, 6) is -0.756. The van der Waals surface area contributed by atoms with Crippen LogP contribution in [0.2, 0.25) is 0 Å². The van der Waals surface area contributed by atoms with Gasteiger partial charge in [-0.2, -0.15) is 0 Å². The minimum Gasteiger partial charge on any atom is -0.480 e. The molecule has 0 aliphatic heterocycles. The molecule has 0 aliphatic rings. The van der Waals surface area contributed by atoms with Crippen LogP contribution in [0.4, 0.5) is 0 Å². The fraction of sp³-hybridized carbons (Fsp3) is 0.947. The number of carboxylic acid groups (broad SMARTS) is 1. The summed E-state index contributed by atoms with van der Waals surface area (Å²) >= 11 is 0. The Labute approximate surface area is 138 Å². The van der Waals surface area contributed by atoms with Gasteiger partial charge in [0.1, 0.15) is 0 Å². The maximum Gasteiger partial charge on any atom is 0.317 e. The van der Waals surface area contributed by atoms with E-state index in [0.717, 1.165) is 12.8 Å². The van der Waals surface area contributed by atoms with E-state index in [9.17, 15) is 4.79 Å². The maximum absolute atomic E-state index is 10.5. The van der Waals surface area contributed by atoms with Gasteiger partial charge in [0.25, 0.3) is 0 Å². The van der Waals surface area contributed by atoms with E-state index in [0.29, 0.717) is 6.04 Å². The Morgan fingerprint density at radius 3 is 1.68 bits per heavy atom. The molecule has 3 nitrogen and oxygen atoms in total. The molecule has 2 N–H and O–H groups in total. The number of nitrogens with one attached hydrogen (secondary N) is 1. The van der Waals surface area contributed by atoms with Crippen LogP contribution in [0.15, 0.2) is 0 Å². The van der Waals surface area contributed by atoms with Crippen molar-refractivity contribution in [3.05, 3.63) is 0 Å². The van der Waals surface area contributed by atoms with Crippen LogP contribution in [0.3, 0.4) is 0 Å². The largest absolute Gasteiger partial charge is 0.480 e. The Hall–Kier alpha value is -0.570. The summed E-state index contributed by atoms with van der Waals surface area (Å²) in [5, 5.41) is 11.8. The highest BCUT2D eigenvalue weighted by Gasteiger charge is 2.06. The predicted molar refractivity (Wildman–Crippen MR) is 95.4 cm³/mol. The van der Waals surface area contributed by atoms with Gasteiger partial charge in [-0.3, -0.25) is 4.79 Å². The van der Waals surface area contributed by atoms with Gasteiger partial charge >= 0.3 is 5.97 Å². The number of carbonyl (C=O) groups is 1. The van der Waals surface area contributed by atoms with Gasteiger partial charge in [0.15, 0.2) is 0 Å². The average molecular weight is 314 g/mol. The summed E-state index contributed by atoms with van der Waals surface area (Å²) in [6.45, 7) is 4.49. The molecule has 0 bridgehead atoms. The monoisotopic (exact) mass is 313 g/mol. The molecule has 0 rings (SSSR count).